The minimum atomic E-state index is -0.138. The molecular formula is C15H22O. The SMILES string of the molecule is CCCCCC(O)C1(c2ccccc2)CC1. The van der Waals surface area contributed by atoms with Gasteiger partial charge in [0.05, 0.1) is 6.10 Å². The highest BCUT2D eigenvalue weighted by Gasteiger charge is 2.49. The summed E-state index contributed by atoms with van der Waals surface area (Å²) >= 11 is 0. The number of hydrogen-bond donors (Lipinski definition) is 1. The molecule has 0 aliphatic heterocycles. The molecule has 88 valence electrons. The summed E-state index contributed by atoms with van der Waals surface area (Å²) in [5, 5.41) is 10.3. The smallest absolute Gasteiger partial charge is 0.0636 e. The molecule has 0 spiro atoms. The standard InChI is InChI=1S/C15H22O/c1-2-3-5-10-14(16)15(11-12-15)13-8-6-4-7-9-13/h4,6-9,14,16H,2-3,5,10-12H2,1H3. The summed E-state index contributed by atoms with van der Waals surface area (Å²) in [5.74, 6) is 0. The minimum absolute atomic E-state index is 0.106. The van der Waals surface area contributed by atoms with Crippen LogP contribution < -0.4 is 0 Å². The average Bonchev–Trinajstić information content (AvgIpc) is 3.12. The highest BCUT2D eigenvalue weighted by molar-refractivity contribution is 5.32. The van der Waals surface area contributed by atoms with E-state index in [4.69, 9.17) is 0 Å². The second kappa shape index (κ2) is 5.01. The molecule has 1 saturated carbocycles. The zero-order valence-electron chi connectivity index (χ0n) is 10.2. The van der Waals surface area contributed by atoms with Gasteiger partial charge in [-0.15, -0.1) is 0 Å². The number of rotatable bonds is 6. The highest BCUT2D eigenvalue weighted by atomic mass is 16.3. The Bertz CT molecular complexity index is 313. The predicted molar refractivity (Wildman–Crippen MR) is 67.5 cm³/mol. The van der Waals surface area contributed by atoms with E-state index in [1.54, 1.807) is 0 Å². The van der Waals surface area contributed by atoms with Crippen LogP contribution in [0.2, 0.25) is 0 Å². The molecule has 1 aromatic carbocycles. The van der Waals surface area contributed by atoms with Gasteiger partial charge in [0.25, 0.3) is 0 Å². The normalized spacial score (nSPS) is 19.4. The van der Waals surface area contributed by atoms with E-state index in [9.17, 15) is 5.11 Å². The number of benzene rings is 1. The summed E-state index contributed by atoms with van der Waals surface area (Å²) < 4.78 is 0. The summed E-state index contributed by atoms with van der Waals surface area (Å²) in [5.41, 5.74) is 1.44. The van der Waals surface area contributed by atoms with Crippen LogP contribution in [0, 0.1) is 0 Å². The Morgan fingerprint density at radius 1 is 1.19 bits per heavy atom. The lowest BCUT2D eigenvalue weighted by Gasteiger charge is -2.22. The summed E-state index contributed by atoms with van der Waals surface area (Å²) in [6, 6.07) is 10.5. The van der Waals surface area contributed by atoms with Crippen LogP contribution in [0.5, 0.6) is 0 Å². The Hall–Kier alpha value is -0.820. The summed E-state index contributed by atoms with van der Waals surface area (Å²) in [6.45, 7) is 2.20. The zero-order chi connectivity index (χ0) is 11.4. The fourth-order valence-electron chi connectivity index (χ4n) is 2.58. The van der Waals surface area contributed by atoms with Gasteiger partial charge in [-0.3, -0.25) is 0 Å². The molecule has 0 saturated heterocycles. The second-order valence-electron chi connectivity index (χ2n) is 5.03. The van der Waals surface area contributed by atoms with Crippen molar-refractivity contribution in [2.24, 2.45) is 0 Å². The van der Waals surface area contributed by atoms with Crippen molar-refractivity contribution in [3.8, 4) is 0 Å². The molecular weight excluding hydrogens is 196 g/mol. The van der Waals surface area contributed by atoms with Gasteiger partial charge in [-0.25, -0.2) is 0 Å². The lowest BCUT2D eigenvalue weighted by atomic mass is 9.87. The van der Waals surface area contributed by atoms with E-state index >= 15 is 0 Å². The van der Waals surface area contributed by atoms with Crippen molar-refractivity contribution in [3.63, 3.8) is 0 Å². The van der Waals surface area contributed by atoms with Crippen molar-refractivity contribution in [1.82, 2.24) is 0 Å². The molecule has 1 nitrogen and oxygen atoms in total. The van der Waals surface area contributed by atoms with Crippen molar-refractivity contribution in [1.29, 1.82) is 0 Å². The van der Waals surface area contributed by atoms with Crippen LogP contribution in [0.15, 0.2) is 30.3 Å². The van der Waals surface area contributed by atoms with Gasteiger partial charge in [-0.2, -0.15) is 0 Å². The molecule has 1 fully saturated rings. The average molecular weight is 218 g/mol. The van der Waals surface area contributed by atoms with Gasteiger partial charge >= 0.3 is 0 Å². The molecule has 2 rings (SSSR count). The fourth-order valence-corrected chi connectivity index (χ4v) is 2.58. The molecule has 1 aliphatic rings. The van der Waals surface area contributed by atoms with Crippen LogP contribution >= 0.6 is 0 Å². The van der Waals surface area contributed by atoms with Gasteiger partial charge in [0.2, 0.25) is 0 Å². The van der Waals surface area contributed by atoms with Crippen molar-refractivity contribution < 1.29 is 5.11 Å². The number of aliphatic hydroxyl groups is 1. The van der Waals surface area contributed by atoms with E-state index < -0.39 is 0 Å². The molecule has 1 atom stereocenters. The van der Waals surface area contributed by atoms with Crippen LogP contribution in [-0.4, -0.2) is 11.2 Å². The third-order valence-corrected chi connectivity index (χ3v) is 3.86. The third kappa shape index (κ3) is 2.30. The van der Waals surface area contributed by atoms with Crippen molar-refractivity contribution in [2.45, 2.75) is 57.0 Å². The van der Waals surface area contributed by atoms with E-state index in [-0.39, 0.29) is 11.5 Å². The molecule has 0 aromatic heterocycles. The van der Waals surface area contributed by atoms with E-state index in [0.29, 0.717) is 0 Å². The molecule has 1 N–H and O–H groups in total. The van der Waals surface area contributed by atoms with Gasteiger partial charge in [-0.05, 0) is 24.8 Å². The number of aliphatic hydroxyl groups excluding tert-OH is 1. The van der Waals surface area contributed by atoms with Gasteiger partial charge in [0.15, 0.2) is 0 Å². The molecule has 16 heavy (non-hydrogen) atoms. The zero-order valence-corrected chi connectivity index (χ0v) is 10.2. The van der Waals surface area contributed by atoms with Crippen LogP contribution in [-0.2, 0) is 5.41 Å². The first-order valence-corrected chi connectivity index (χ1v) is 6.53. The van der Waals surface area contributed by atoms with E-state index in [2.05, 4.69) is 31.2 Å². The first kappa shape index (κ1) is 11.7. The highest BCUT2D eigenvalue weighted by Crippen LogP contribution is 2.52. The predicted octanol–water partition coefficient (Wildman–Crippen LogP) is 3.66. The van der Waals surface area contributed by atoms with Crippen LogP contribution in [0.3, 0.4) is 0 Å². The van der Waals surface area contributed by atoms with Gasteiger partial charge in [0, 0.05) is 5.41 Å². The van der Waals surface area contributed by atoms with Crippen LogP contribution in [0.4, 0.5) is 0 Å². The monoisotopic (exact) mass is 218 g/mol. The summed E-state index contributed by atoms with van der Waals surface area (Å²) in [6.07, 6.45) is 6.76. The molecule has 0 radical (unpaired) electrons. The maximum atomic E-state index is 10.3. The van der Waals surface area contributed by atoms with Gasteiger partial charge < -0.3 is 5.11 Å². The maximum Gasteiger partial charge on any atom is 0.0636 e. The second-order valence-corrected chi connectivity index (χ2v) is 5.03. The topological polar surface area (TPSA) is 20.2 Å². The quantitative estimate of drug-likeness (QED) is 0.722. The Balaban J connectivity index is 1.97. The Labute approximate surface area is 98.5 Å². The molecule has 1 aliphatic carbocycles. The lowest BCUT2D eigenvalue weighted by molar-refractivity contribution is 0.119. The van der Waals surface area contributed by atoms with E-state index in [1.807, 2.05) is 6.07 Å². The molecule has 1 aromatic rings. The summed E-state index contributed by atoms with van der Waals surface area (Å²) in [4.78, 5) is 0. The molecule has 1 heteroatoms. The molecule has 0 bridgehead atoms. The van der Waals surface area contributed by atoms with Crippen molar-refractivity contribution in [2.75, 3.05) is 0 Å². The molecule has 0 amide bonds. The van der Waals surface area contributed by atoms with Crippen molar-refractivity contribution >= 4 is 0 Å². The lowest BCUT2D eigenvalue weighted by Crippen LogP contribution is -2.25. The number of unbranched alkanes of at least 4 members (excludes halogenated alkanes) is 2. The van der Waals surface area contributed by atoms with Crippen molar-refractivity contribution in [3.05, 3.63) is 35.9 Å². The molecule has 1 unspecified atom stereocenters. The number of hydrogen-bond acceptors (Lipinski definition) is 1. The Morgan fingerprint density at radius 3 is 2.44 bits per heavy atom. The Kier molecular flexibility index (Phi) is 3.65. The van der Waals surface area contributed by atoms with E-state index in [1.165, 1.54) is 18.4 Å². The third-order valence-electron chi connectivity index (χ3n) is 3.86. The first-order chi connectivity index (χ1) is 7.79. The van der Waals surface area contributed by atoms with Crippen LogP contribution in [0.25, 0.3) is 0 Å². The summed E-state index contributed by atoms with van der Waals surface area (Å²) in [7, 11) is 0. The molecule has 0 heterocycles. The van der Waals surface area contributed by atoms with E-state index in [0.717, 1.165) is 25.7 Å². The Morgan fingerprint density at radius 2 is 1.88 bits per heavy atom. The largest absolute Gasteiger partial charge is 0.392 e. The maximum absolute atomic E-state index is 10.3. The minimum Gasteiger partial charge on any atom is -0.392 e. The fraction of sp³-hybridized carbons (Fsp3) is 0.600. The van der Waals surface area contributed by atoms with Gasteiger partial charge in [-0.1, -0.05) is 56.5 Å². The van der Waals surface area contributed by atoms with Gasteiger partial charge in [0.1, 0.15) is 0 Å². The first-order valence-electron chi connectivity index (χ1n) is 6.53. The van der Waals surface area contributed by atoms with Crippen LogP contribution in [0.1, 0.15) is 51.0 Å².